The van der Waals surface area contributed by atoms with Crippen molar-refractivity contribution in [2.45, 2.75) is 19.5 Å². The van der Waals surface area contributed by atoms with Crippen LogP contribution in [0.2, 0.25) is 0 Å². The first-order chi connectivity index (χ1) is 8.27. The van der Waals surface area contributed by atoms with Crippen LogP contribution in [0, 0.1) is 0 Å². The van der Waals surface area contributed by atoms with Crippen LogP contribution in [0.25, 0.3) is 5.69 Å². The predicted molar refractivity (Wildman–Crippen MR) is 59.1 cm³/mol. The molecule has 3 nitrogen and oxygen atoms in total. The zero-order valence-electron chi connectivity index (χ0n) is 9.03. The smallest absolute Gasteiger partial charge is 0.267 e. The second-order valence-corrected chi connectivity index (χ2v) is 3.99. The van der Waals surface area contributed by atoms with E-state index in [1.165, 1.54) is 6.20 Å². The molecule has 0 fully saturated rings. The molecule has 1 aliphatic rings. The largest absolute Gasteiger partial charge is 0.307 e. The van der Waals surface area contributed by atoms with Crippen molar-refractivity contribution in [1.82, 2.24) is 15.1 Å². The molecule has 0 atom stereocenters. The molecule has 0 amide bonds. The van der Waals surface area contributed by atoms with E-state index >= 15 is 0 Å². The van der Waals surface area contributed by atoms with Gasteiger partial charge in [0.2, 0.25) is 0 Å². The van der Waals surface area contributed by atoms with Crippen LogP contribution in [-0.4, -0.2) is 9.78 Å². The molecule has 1 aliphatic heterocycles. The van der Waals surface area contributed by atoms with Crippen LogP contribution in [0.4, 0.5) is 8.78 Å². The van der Waals surface area contributed by atoms with Gasteiger partial charge in [0.1, 0.15) is 0 Å². The van der Waals surface area contributed by atoms with Crippen molar-refractivity contribution in [1.29, 1.82) is 0 Å². The fourth-order valence-corrected chi connectivity index (χ4v) is 2.14. The molecule has 88 valence electrons. The van der Waals surface area contributed by atoms with Gasteiger partial charge >= 0.3 is 0 Å². The highest BCUT2D eigenvalue weighted by Gasteiger charge is 2.22. The van der Waals surface area contributed by atoms with E-state index in [-0.39, 0.29) is 5.56 Å². The van der Waals surface area contributed by atoms with Crippen LogP contribution in [0.5, 0.6) is 0 Å². The first-order valence-electron chi connectivity index (χ1n) is 5.41. The molecule has 0 aliphatic carbocycles. The van der Waals surface area contributed by atoms with Crippen LogP contribution < -0.4 is 5.32 Å². The van der Waals surface area contributed by atoms with Crippen molar-refractivity contribution in [2.24, 2.45) is 0 Å². The predicted octanol–water partition coefficient (Wildman–Crippen LogP) is 2.41. The minimum atomic E-state index is -2.48. The van der Waals surface area contributed by atoms with Crippen molar-refractivity contribution >= 4 is 0 Å². The van der Waals surface area contributed by atoms with Gasteiger partial charge in [-0.2, -0.15) is 5.10 Å². The maximum atomic E-state index is 12.8. The van der Waals surface area contributed by atoms with Gasteiger partial charge in [0.15, 0.2) is 0 Å². The monoisotopic (exact) mass is 235 g/mol. The van der Waals surface area contributed by atoms with E-state index in [9.17, 15) is 8.78 Å². The summed E-state index contributed by atoms with van der Waals surface area (Å²) in [5, 5.41) is 7.22. The molecule has 0 unspecified atom stereocenters. The van der Waals surface area contributed by atoms with Crippen molar-refractivity contribution in [3.05, 3.63) is 47.3 Å². The minimum absolute atomic E-state index is 0.00852. The highest BCUT2D eigenvalue weighted by molar-refractivity contribution is 5.44. The Morgan fingerprint density at radius 2 is 2.06 bits per heavy atom. The quantitative estimate of drug-likeness (QED) is 0.822. The topological polar surface area (TPSA) is 29.9 Å². The molecule has 2 heterocycles. The van der Waals surface area contributed by atoms with E-state index in [4.69, 9.17) is 0 Å². The number of aromatic nitrogens is 2. The van der Waals surface area contributed by atoms with Crippen molar-refractivity contribution in [3.8, 4) is 5.69 Å². The van der Waals surface area contributed by atoms with Gasteiger partial charge in [-0.05, 0) is 11.6 Å². The summed E-state index contributed by atoms with van der Waals surface area (Å²) < 4.78 is 27.2. The van der Waals surface area contributed by atoms with Crippen LogP contribution in [0.3, 0.4) is 0 Å². The number of hydrogen-bond donors (Lipinski definition) is 1. The first-order valence-corrected chi connectivity index (χ1v) is 5.41. The Hall–Kier alpha value is -1.75. The number of hydrogen-bond acceptors (Lipinski definition) is 2. The van der Waals surface area contributed by atoms with Crippen molar-refractivity contribution in [3.63, 3.8) is 0 Å². The lowest BCUT2D eigenvalue weighted by Gasteiger charge is -2.07. The number of rotatable bonds is 1. The summed E-state index contributed by atoms with van der Waals surface area (Å²) in [6.45, 7) is 1.08. The molecule has 0 bridgehead atoms. The Bertz CT molecular complexity index is 548. The highest BCUT2D eigenvalue weighted by atomic mass is 19.3. The number of fused-ring (bicyclic) bond motifs is 3. The molecule has 1 N–H and O–H groups in total. The second kappa shape index (κ2) is 3.92. The van der Waals surface area contributed by atoms with Gasteiger partial charge in [0.05, 0.1) is 23.1 Å². The van der Waals surface area contributed by atoms with Crippen LogP contribution in [0.15, 0.2) is 30.5 Å². The first kappa shape index (κ1) is 10.4. The third-order valence-electron chi connectivity index (χ3n) is 2.96. The van der Waals surface area contributed by atoms with Gasteiger partial charge in [0.25, 0.3) is 6.43 Å². The molecule has 0 saturated carbocycles. The highest BCUT2D eigenvalue weighted by Crippen LogP contribution is 2.27. The van der Waals surface area contributed by atoms with Crippen LogP contribution in [-0.2, 0) is 13.1 Å². The van der Waals surface area contributed by atoms with E-state index in [0.29, 0.717) is 18.8 Å². The number of halogens is 2. The van der Waals surface area contributed by atoms with E-state index < -0.39 is 6.43 Å². The maximum Gasteiger partial charge on any atom is 0.267 e. The summed E-state index contributed by atoms with van der Waals surface area (Å²) in [6, 6.07) is 7.69. The van der Waals surface area contributed by atoms with E-state index in [2.05, 4.69) is 10.4 Å². The van der Waals surface area contributed by atoms with Gasteiger partial charge in [0, 0.05) is 13.1 Å². The number of para-hydroxylation sites is 1. The summed E-state index contributed by atoms with van der Waals surface area (Å²) in [5.74, 6) is 0. The zero-order chi connectivity index (χ0) is 11.8. The Labute approximate surface area is 97.1 Å². The minimum Gasteiger partial charge on any atom is -0.307 e. The third kappa shape index (κ3) is 1.63. The van der Waals surface area contributed by atoms with Gasteiger partial charge in [-0.3, -0.25) is 0 Å². The molecular formula is C12H11F2N3. The molecule has 0 spiro atoms. The van der Waals surface area contributed by atoms with Gasteiger partial charge in [-0.25, -0.2) is 13.5 Å². The number of nitrogens with zero attached hydrogens (tertiary/aromatic N) is 2. The molecule has 5 heteroatoms. The summed E-state index contributed by atoms with van der Waals surface area (Å²) in [4.78, 5) is 0. The zero-order valence-corrected chi connectivity index (χ0v) is 9.03. The Kier molecular flexibility index (Phi) is 2.40. The number of nitrogens with one attached hydrogen (secondary N) is 1. The summed E-state index contributed by atoms with van der Waals surface area (Å²) in [5.41, 5.74) is 2.49. The molecule has 3 rings (SSSR count). The Morgan fingerprint density at radius 3 is 2.88 bits per heavy atom. The van der Waals surface area contributed by atoms with Crippen molar-refractivity contribution in [2.75, 3.05) is 0 Å². The van der Waals surface area contributed by atoms with Crippen molar-refractivity contribution < 1.29 is 8.78 Å². The molecule has 1 aromatic carbocycles. The summed E-state index contributed by atoms with van der Waals surface area (Å²) in [7, 11) is 0. The SMILES string of the molecule is FC(F)c1cnn2c1CNCc1ccccc1-2. The molecule has 0 saturated heterocycles. The molecule has 0 radical (unpaired) electrons. The van der Waals surface area contributed by atoms with E-state index in [1.54, 1.807) is 4.68 Å². The standard InChI is InChI=1S/C12H11F2N3/c13-12(14)9-6-16-17-10-4-2-1-3-8(10)5-15-7-11(9)17/h1-4,6,12,15H,5,7H2. The van der Waals surface area contributed by atoms with Gasteiger partial charge in [-0.1, -0.05) is 18.2 Å². The molecule has 17 heavy (non-hydrogen) atoms. The van der Waals surface area contributed by atoms with Gasteiger partial charge < -0.3 is 5.32 Å². The molecular weight excluding hydrogens is 224 g/mol. The number of benzene rings is 1. The third-order valence-corrected chi connectivity index (χ3v) is 2.96. The average molecular weight is 235 g/mol. The van der Waals surface area contributed by atoms with Crippen LogP contribution in [0.1, 0.15) is 23.2 Å². The number of alkyl halides is 2. The lowest BCUT2D eigenvalue weighted by molar-refractivity contribution is 0.150. The van der Waals surface area contributed by atoms with E-state index in [0.717, 1.165) is 11.3 Å². The lowest BCUT2D eigenvalue weighted by atomic mass is 10.2. The maximum absolute atomic E-state index is 12.8. The summed E-state index contributed by atoms with van der Waals surface area (Å²) >= 11 is 0. The second-order valence-electron chi connectivity index (χ2n) is 3.99. The van der Waals surface area contributed by atoms with E-state index in [1.807, 2.05) is 24.3 Å². The fraction of sp³-hybridized carbons (Fsp3) is 0.250. The lowest BCUT2D eigenvalue weighted by Crippen LogP contribution is -2.12. The Balaban J connectivity index is 2.20. The molecule has 2 aromatic rings. The van der Waals surface area contributed by atoms with Crippen LogP contribution >= 0.6 is 0 Å². The molecule has 1 aromatic heterocycles. The van der Waals surface area contributed by atoms with Gasteiger partial charge in [-0.15, -0.1) is 0 Å². The average Bonchev–Trinajstić information content (AvgIpc) is 2.66. The normalized spacial score (nSPS) is 14.3. The Morgan fingerprint density at radius 1 is 1.24 bits per heavy atom. The fourth-order valence-electron chi connectivity index (χ4n) is 2.14. The summed E-state index contributed by atoms with van der Waals surface area (Å²) in [6.07, 6.45) is -1.23.